The van der Waals surface area contributed by atoms with Crippen LogP contribution in [0, 0.1) is 5.41 Å². The highest BCUT2D eigenvalue weighted by atomic mass is 16.4. The van der Waals surface area contributed by atoms with Gasteiger partial charge in [0.15, 0.2) is 0 Å². The predicted molar refractivity (Wildman–Crippen MR) is 71.3 cm³/mol. The third-order valence-corrected chi connectivity index (χ3v) is 3.70. The van der Waals surface area contributed by atoms with E-state index in [9.17, 15) is 14.4 Å². The molecule has 2 atom stereocenters. The van der Waals surface area contributed by atoms with E-state index in [0.29, 0.717) is 19.4 Å². The fourth-order valence-corrected chi connectivity index (χ4v) is 2.58. The van der Waals surface area contributed by atoms with Gasteiger partial charge in [0, 0.05) is 13.0 Å². The maximum Gasteiger partial charge on any atom is 0.326 e. The van der Waals surface area contributed by atoms with Crippen LogP contribution in [-0.2, 0) is 14.4 Å². The molecule has 20 heavy (non-hydrogen) atoms. The zero-order valence-electron chi connectivity index (χ0n) is 11.6. The number of nitrogens with one attached hydrogen (secondary N) is 2. The molecule has 0 bridgehead atoms. The molecule has 114 valence electrons. The van der Waals surface area contributed by atoms with E-state index in [1.54, 1.807) is 0 Å². The highest BCUT2D eigenvalue weighted by Gasteiger charge is 2.41. The average molecular weight is 286 g/mol. The first-order valence-electron chi connectivity index (χ1n) is 6.87. The molecule has 7 heteroatoms. The summed E-state index contributed by atoms with van der Waals surface area (Å²) in [6.45, 7) is 3.25. The third kappa shape index (κ3) is 4.19. The van der Waals surface area contributed by atoms with Crippen LogP contribution in [0.5, 0.6) is 0 Å². The summed E-state index contributed by atoms with van der Waals surface area (Å²) in [5.41, 5.74) is -0.564. The molecule has 1 aliphatic heterocycles. The van der Waals surface area contributed by atoms with Crippen LogP contribution in [0.2, 0.25) is 0 Å². The molecule has 1 saturated heterocycles. The highest BCUT2D eigenvalue weighted by molar-refractivity contribution is 5.88. The van der Waals surface area contributed by atoms with Gasteiger partial charge in [0.2, 0.25) is 5.91 Å². The van der Waals surface area contributed by atoms with Crippen molar-refractivity contribution in [1.82, 2.24) is 10.6 Å². The maximum atomic E-state index is 12.4. The Hall–Kier alpha value is -1.63. The van der Waals surface area contributed by atoms with Crippen LogP contribution in [0.1, 0.15) is 39.0 Å². The van der Waals surface area contributed by atoms with Crippen molar-refractivity contribution in [2.75, 3.05) is 13.1 Å². The van der Waals surface area contributed by atoms with Crippen molar-refractivity contribution >= 4 is 17.8 Å². The molecule has 7 nitrogen and oxygen atoms in total. The summed E-state index contributed by atoms with van der Waals surface area (Å²) in [7, 11) is 0. The molecule has 1 amide bonds. The summed E-state index contributed by atoms with van der Waals surface area (Å²) in [4.78, 5) is 34.0. The minimum atomic E-state index is -1.20. The van der Waals surface area contributed by atoms with Gasteiger partial charge < -0.3 is 20.8 Å². The molecule has 4 N–H and O–H groups in total. The first-order valence-corrected chi connectivity index (χ1v) is 6.87. The second-order valence-corrected chi connectivity index (χ2v) is 5.25. The normalized spacial score (nSPS) is 23.2. The average Bonchev–Trinajstić information content (AvgIpc) is 2.83. The van der Waals surface area contributed by atoms with Crippen LogP contribution in [0.3, 0.4) is 0 Å². The molecule has 0 aromatic rings. The quantitative estimate of drug-likeness (QED) is 0.506. The van der Waals surface area contributed by atoms with Gasteiger partial charge in [-0.3, -0.25) is 9.59 Å². The summed E-state index contributed by atoms with van der Waals surface area (Å²) in [6, 6.07) is -1.15. The third-order valence-electron chi connectivity index (χ3n) is 3.70. The van der Waals surface area contributed by atoms with Gasteiger partial charge in [0.05, 0.1) is 5.41 Å². The minimum absolute atomic E-state index is 0.105. The Bertz CT molecular complexity index is 377. The standard InChI is InChI=1S/C13H22N2O5/c1-2-5-13(6-7-14-8-13)12(20)15-9(11(18)19)3-4-10(16)17/h9,14H,2-8H2,1H3,(H,15,20)(H,16,17)(H,18,19)/t9-,13?/m0/s1. The molecule has 1 fully saturated rings. The van der Waals surface area contributed by atoms with Gasteiger partial charge in [-0.25, -0.2) is 4.79 Å². The van der Waals surface area contributed by atoms with Crippen molar-refractivity contribution in [2.24, 2.45) is 5.41 Å². The van der Waals surface area contributed by atoms with Crippen LogP contribution < -0.4 is 10.6 Å². The maximum absolute atomic E-state index is 12.4. The van der Waals surface area contributed by atoms with Gasteiger partial charge in [-0.05, 0) is 25.8 Å². The Morgan fingerprint density at radius 2 is 2.05 bits per heavy atom. The second-order valence-electron chi connectivity index (χ2n) is 5.25. The van der Waals surface area contributed by atoms with Crippen LogP contribution in [0.25, 0.3) is 0 Å². The minimum Gasteiger partial charge on any atom is -0.481 e. The zero-order chi connectivity index (χ0) is 15.2. The van der Waals surface area contributed by atoms with E-state index < -0.39 is 23.4 Å². The van der Waals surface area contributed by atoms with E-state index in [2.05, 4.69) is 10.6 Å². The number of amides is 1. The SMILES string of the molecule is CCCC1(C(=O)N[C@@H](CCC(=O)O)C(=O)O)CCNC1. The van der Waals surface area contributed by atoms with E-state index in [4.69, 9.17) is 10.2 Å². The van der Waals surface area contributed by atoms with E-state index >= 15 is 0 Å². The number of hydrogen-bond donors (Lipinski definition) is 4. The van der Waals surface area contributed by atoms with Gasteiger partial charge in [-0.1, -0.05) is 13.3 Å². The largest absolute Gasteiger partial charge is 0.481 e. The van der Waals surface area contributed by atoms with Crippen molar-refractivity contribution in [2.45, 2.75) is 45.1 Å². The van der Waals surface area contributed by atoms with E-state index in [0.717, 1.165) is 13.0 Å². The molecule has 1 aliphatic rings. The summed E-state index contributed by atoms with van der Waals surface area (Å²) in [5.74, 6) is -2.56. The second kappa shape index (κ2) is 7.23. The van der Waals surface area contributed by atoms with Gasteiger partial charge in [0.1, 0.15) is 6.04 Å². The first kappa shape index (κ1) is 16.4. The van der Waals surface area contributed by atoms with E-state index in [1.165, 1.54) is 0 Å². The van der Waals surface area contributed by atoms with Gasteiger partial charge in [-0.15, -0.1) is 0 Å². The molecule has 0 aromatic heterocycles. The molecule has 0 saturated carbocycles. The number of carbonyl (C=O) groups is 3. The van der Waals surface area contributed by atoms with E-state index in [1.807, 2.05) is 6.92 Å². The highest BCUT2D eigenvalue weighted by Crippen LogP contribution is 2.31. The smallest absolute Gasteiger partial charge is 0.326 e. The van der Waals surface area contributed by atoms with Crippen molar-refractivity contribution < 1.29 is 24.6 Å². The lowest BCUT2D eigenvalue weighted by molar-refractivity contribution is -0.145. The predicted octanol–water partition coefficient (Wildman–Crippen LogP) is 0.200. The fourth-order valence-electron chi connectivity index (χ4n) is 2.58. The summed E-state index contributed by atoms with van der Waals surface area (Å²) in [6.07, 6.45) is 1.82. The Morgan fingerprint density at radius 1 is 1.35 bits per heavy atom. The van der Waals surface area contributed by atoms with Crippen molar-refractivity contribution in [3.63, 3.8) is 0 Å². The summed E-state index contributed by atoms with van der Waals surface area (Å²) in [5, 5.41) is 23.3. The van der Waals surface area contributed by atoms with Crippen molar-refractivity contribution in [3.05, 3.63) is 0 Å². The number of carboxylic acids is 2. The number of aliphatic carboxylic acids is 2. The number of carbonyl (C=O) groups excluding carboxylic acids is 1. The van der Waals surface area contributed by atoms with Gasteiger partial charge >= 0.3 is 11.9 Å². The molecule has 0 radical (unpaired) electrons. The van der Waals surface area contributed by atoms with Crippen LogP contribution in [-0.4, -0.2) is 47.2 Å². The van der Waals surface area contributed by atoms with Crippen molar-refractivity contribution in [1.29, 1.82) is 0 Å². The van der Waals surface area contributed by atoms with Crippen molar-refractivity contribution in [3.8, 4) is 0 Å². The number of rotatable bonds is 8. The van der Waals surface area contributed by atoms with Crippen LogP contribution in [0.15, 0.2) is 0 Å². The van der Waals surface area contributed by atoms with Crippen LogP contribution in [0.4, 0.5) is 0 Å². The Balaban J connectivity index is 2.68. The fraction of sp³-hybridized carbons (Fsp3) is 0.769. The Kier molecular flexibility index (Phi) is 5.94. The lowest BCUT2D eigenvalue weighted by atomic mass is 9.81. The van der Waals surface area contributed by atoms with Crippen LogP contribution >= 0.6 is 0 Å². The summed E-state index contributed by atoms with van der Waals surface area (Å²) < 4.78 is 0. The monoisotopic (exact) mass is 286 g/mol. The van der Waals surface area contributed by atoms with Gasteiger partial charge in [-0.2, -0.15) is 0 Å². The lowest BCUT2D eigenvalue weighted by Gasteiger charge is -2.28. The molecular weight excluding hydrogens is 264 g/mol. The number of hydrogen-bond acceptors (Lipinski definition) is 4. The molecule has 1 rings (SSSR count). The topological polar surface area (TPSA) is 116 Å². The number of carboxylic acid groups (broad SMARTS) is 2. The molecule has 1 unspecified atom stereocenters. The molecule has 0 aromatic carbocycles. The lowest BCUT2D eigenvalue weighted by Crippen LogP contribution is -2.49. The first-order chi connectivity index (χ1) is 9.41. The molecule has 0 aliphatic carbocycles. The Morgan fingerprint density at radius 3 is 2.50 bits per heavy atom. The zero-order valence-corrected chi connectivity index (χ0v) is 11.6. The van der Waals surface area contributed by atoms with E-state index in [-0.39, 0.29) is 18.7 Å². The molecule has 1 heterocycles. The Labute approximate surface area is 117 Å². The molecular formula is C13H22N2O5. The van der Waals surface area contributed by atoms with Gasteiger partial charge in [0.25, 0.3) is 0 Å². The molecule has 0 spiro atoms. The summed E-state index contributed by atoms with van der Waals surface area (Å²) >= 11 is 0.